The van der Waals surface area contributed by atoms with Gasteiger partial charge in [0.1, 0.15) is 5.75 Å². The maximum atomic E-state index is 12.9. The minimum atomic E-state index is -4.75. The van der Waals surface area contributed by atoms with Gasteiger partial charge in [-0.1, -0.05) is 18.2 Å². The molecule has 1 N–H and O–H groups in total. The van der Waals surface area contributed by atoms with E-state index in [9.17, 15) is 18.0 Å². The van der Waals surface area contributed by atoms with Crippen LogP contribution in [0.4, 0.5) is 24.5 Å². The number of fused-ring (bicyclic) bond motifs is 1. The first-order valence-corrected chi connectivity index (χ1v) is 8.38. The highest BCUT2D eigenvalue weighted by atomic mass is 19.4. The Kier molecular flexibility index (Phi) is 4.38. The fraction of sp³-hybridized carbons (Fsp3) is 0.100. The molecule has 0 saturated heterocycles. The Hall–Kier alpha value is -3.55. The van der Waals surface area contributed by atoms with Crippen LogP contribution in [0.1, 0.15) is 22.2 Å². The zero-order valence-corrected chi connectivity index (χ0v) is 14.4. The number of hydrogen-bond donors (Lipinski definition) is 1. The lowest BCUT2D eigenvalue weighted by molar-refractivity contribution is -0.274. The van der Waals surface area contributed by atoms with Gasteiger partial charge in [-0.3, -0.25) is 14.7 Å². The number of benzene rings is 2. The number of anilines is 2. The van der Waals surface area contributed by atoms with Crippen molar-refractivity contribution < 1.29 is 22.7 Å². The number of amides is 1. The minimum absolute atomic E-state index is 0.205. The second-order valence-corrected chi connectivity index (χ2v) is 6.07. The number of rotatable bonds is 4. The van der Waals surface area contributed by atoms with Crippen LogP contribution in [0.3, 0.4) is 0 Å². The zero-order chi connectivity index (χ0) is 19.7. The van der Waals surface area contributed by atoms with E-state index in [0.29, 0.717) is 22.6 Å². The fourth-order valence-electron chi connectivity index (χ4n) is 3.08. The van der Waals surface area contributed by atoms with Crippen LogP contribution in [-0.2, 0) is 0 Å². The summed E-state index contributed by atoms with van der Waals surface area (Å²) in [5.41, 5.74) is 2.22. The van der Waals surface area contributed by atoms with Crippen LogP contribution in [0.5, 0.6) is 5.75 Å². The Morgan fingerprint density at radius 3 is 2.36 bits per heavy atom. The van der Waals surface area contributed by atoms with E-state index in [0.717, 1.165) is 0 Å². The van der Waals surface area contributed by atoms with Crippen LogP contribution in [0.2, 0.25) is 0 Å². The third-order valence-electron chi connectivity index (χ3n) is 4.23. The summed E-state index contributed by atoms with van der Waals surface area (Å²) in [5, 5.41) is 3.17. The summed E-state index contributed by atoms with van der Waals surface area (Å²) in [7, 11) is 0. The molecule has 0 aliphatic carbocycles. The Morgan fingerprint density at radius 1 is 0.964 bits per heavy atom. The summed E-state index contributed by atoms with van der Waals surface area (Å²) in [6.45, 7) is 0. The normalized spacial score (nSPS) is 16.0. The Morgan fingerprint density at radius 2 is 1.68 bits per heavy atom. The van der Waals surface area contributed by atoms with Crippen molar-refractivity contribution in [2.24, 2.45) is 0 Å². The summed E-state index contributed by atoms with van der Waals surface area (Å²) in [6, 6.07) is 17.8. The number of hydrogen-bond acceptors (Lipinski definition) is 4. The molecule has 0 radical (unpaired) electrons. The monoisotopic (exact) mass is 385 g/mol. The maximum absolute atomic E-state index is 12.9. The third kappa shape index (κ3) is 3.48. The number of aromatic nitrogens is 1. The molecule has 1 atom stereocenters. The van der Waals surface area contributed by atoms with Gasteiger partial charge in [0, 0.05) is 17.6 Å². The van der Waals surface area contributed by atoms with Gasteiger partial charge in [-0.2, -0.15) is 0 Å². The van der Waals surface area contributed by atoms with Gasteiger partial charge in [-0.15, -0.1) is 13.2 Å². The van der Waals surface area contributed by atoms with Crippen LogP contribution < -0.4 is 15.0 Å². The number of para-hydroxylation sites is 1. The fourth-order valence-corrected chi connectivity index (χ4v) is 3.08. The van der Waals surface area contributed by atoms with Crippen LogP contribution in [0, 0.1) is 0 Å². The number of halogens is 3. The summed E-state index contributed by atoms with van der Waals surface area (Å²) in [5.74, 6) is -0.525. The molecule has 2 heterocycles. The van der Waals surface area contributed by atoms with Crippen molar-refractivity contribution in [2.45, 2.75) is 12.5 Å². The van der Waals surface area contributed by atoms with E-state index >= 15 is 0 Å². The molecule has 1 amide bonds. The second-order valence-electron chi connectivity index (χ2n) is 6.07. The van der Waals surface area contributed by atoms with Crippen LogP contribution in [0.15, 0.2) is 72.9 Å². The first kappa shape index (κ1) is 17.8. The Bertz CT molecular complexity index is 992. The smallest absolute Gasteiger partial charge is 0.406 e. The molecule has 0 saturated carbocycles. The van der Waals surface area contributed by atoms with Crippen molar-refractivity contribution in [1.82, 2.24) is 4.98 Å². The molecule has 4 rings (SSSR count). The number of carbonyl (C=O) groups excluding carboxylic acids is 1. The van der Waals surface area contributed by atoms with Gasteiger partial charge in [-0.25, -0.2) is 0 Å². The van der Waals surface area contributed by atoms with Crippen molar-refractivity contribution in [3.05, 3.63) is 84.2 Å². The lowest BCUT2D eigenvalue weighted by Crippen LogP contribution is -2.32. The van der Waals surface area contributed by atoms with Gasteiger partial charge in [0.25, 0.3) is 5.91 Å². The summed E-state index contributed by atoms with van der Waals surface area (Å²) in [6.07, 6.45) is -3.75. The molecular formula is C20H14F3N3O2. The summed E-state index contributed by atoms with van der Waals surface area (Å²) < 4.78 is 40.9. The lowest BCUT2D eigenvalue weighted by atomic mass is 10.2. The van der Waals surface area contributed by atoms with Crippen molar-refractivity contribution >= 4 is 17.3 Å². The molecule has 3 aromatic rings. The van der Waals surface area contributed by atoms with E-state index < -0.39 is 12.5 Å². The first-order valence-electron chi connectivity index (χ1n) is 8.38. The van der Waals surface area contributed by atoms with E-state index in [-0.39, 0.29) is 11.7 Å². The van der Waals surface area contributed by atoms with Crippen molar-refractivity contribution in [2.75, 3.05) is 10.2 Å². The number of nitrogens with zero attached hydrogens (tertiary/aromatic N) is 2. The average Bonchev–Trinajstić information content (AvgIpc) is 2.95. The molecule has 0 spiro atoms. The van der Waals surface area contributed by atoms with Crippen LogP contribution >= 0.6 is 0 Å². The number of ether oxygens (including phenoxy) is 1. The highest BCUT2D eigenvalue weighted by molar-refractivity contribution is 6.11. The molecule has 5 nitrogen and oxygen atoms in total. The second kappa shape index (κ2) is 6.88. The van der Waals surface area contributed by atoms with E-state index in [1.54, 1.807) is 35.4 Å². The Labute approximate surface area is 158 Å². The minimum Gasteiger partial charge on any atom is -0.406 e. The predicted octanol–water partition coefficient (Wildman–Crippen LogP) is 4.75. The molecule has 8 heteroatoms. The summed E-state index contributed by atoms with van der Waals surface area (Å²) in [4.78, 5) is 18.8. The van der Waals surface area contributed by atoms with E-state index in [2.05, 4.69) is 15.0 Å². The highest BCUT2D eigenvalue weighted by Crippen LogP contribution is 2.37. The van der Waals surface area contributed by atoms with Gasteiger partial charge in [0.15, 0.2) is 6.17 Å². The van der Waals surface area contributed by atoms with Crippen molar-refractivity contribution in [3.8, 4) is 5.75 Å². The molecule has 0 unspecified atom stereocenters. The summed E-state index contributed by atoms with van der Waals surface area (Å²) >= 11 is 0. The predicted molar refractivity (Wildman–Crippen MR) is 97.0 cm³/mol. The molecule has 1 aliphatic rings. The van der Waals surface area contributed by atoms with E-state index in [4.69, 9.17) is 0 Å². The maximum Gasteiger partial charge on any atom is 0.573 e. The molecule has 28 heavy (non-hydrogen) atoms. The Balaban J connectivity index is 1.65. The number of pyridine rings is 1. The van der Waals surface area contributed by atoms with Crippen molar-refractivity contribution in [1.29, 1.82) is 0 Å². The number of nitrogens with one attached hydrogen (secondary N) is 1. The molecular weight excluding hydrogens is 371 g/mol. The van der Waals surface area contributed by atoms with Crippen LogP contribution in [0.25, 0.3) is 0 Å². The standard InChI is InChI=1S/C20H14F3N3O2/c21-20(22,23)28-15-10-8-13(9-11-15)25-18-17-16(7-4-12-24-17)19(27)26(18)14-5-2-1-3-6-14/h1-12,18,25H/t18-/m1/s1. The number of carbonyl (C=O) groups is 1. The molecule has 0 bridgehead atoms. The van der Waals surface area contributed by atoms with E-state index in [1.807, 2.05) is 18.2 Å². The quantitative estimate of drug-likeness (QED) is 0.704. The molecule has 2 aromatic carbocycles. The van der Waals surface area contributed by atoms with Gasteiger partial charge in [-0.05, 0) is 48.5 Å². The lowest BCUT2D eigenvalue weighted by Gasteiger charge is -2.26. The van der Waals surface area contributed by atoms with Gasteiger partial charge in [0.2, 0.25) is 0 Å². The van der Waals surface area contributed by atoms with Gasteiger partial charge in [0.05, 0.1) is 11.3 Å². The SMILES string of the molecule is O=C1c2cccnc2[C@H](Nc2ccc(OC(F)(F)F)cc2)N1c1ccccc1. The molecule has 0 fully saturated rings. The highest BCUT2D eigenvalue weighted by Gasteiger charge is 2.39. The van der Waals surface area contributed by atoms with Gasteiger partial charge < -0.3 is 10.1 Å². The van der Waals surface area contributed by atoms with E-state index in [1.165, 1.54) is 24.3 Å². The molecule has 142 valence electrons. The average molecular weight is 385 g/mol. The molecule has 1 aliphatic heterocycles. The number of alkyl halides is 3. The molecule has 1 aromatic heterocycles. The largest absolute Gasteiger partial charge is 0.573 e. The first-order chi connectivity index (χ1) is 13.4. The van der Waals surface area contributed by atoms with Gasteiger partial charge >= 0.3 is 6.36 Å². The third-order valence-corrected chi connectivity index (χ3v) is 4.23. The zero-order valence-electron chi connectivity index (χ0n) is 14.4. The topological polar surface area (TPSA) is 54.5 Å². The van der Waals surface area contributed by atoms with Crippen molar-refractivity contribution in [3.63, 3.8) is 0 Å². The van der Waals surface area contributed by atoms with Crippen LogP contribution in [-0.4, -0.2) is 17.3 Å².